The summed E-state index contributed by atoms with van der Waals surface area (Å²) in [4.78, 5) is 20.3. The van der Waals surface area contributed by atoms with Crippen molar-refractivity contribution in [2.24, 2.45) is 4.99 Å². The van der Waals surface area contributed by atoms with Crippen molar-refractivity contribution in [2.75, 3.05) is 32.7 Å². The molecule has 3 rings (SSSR count). The standard InChI is InChI=1S/C19H26N4O2/c1-4-20-19(23-11-9-22(10-12-23)15(3)24)21-13-18-14(2)16-7-5-6-8-17(16)25-18/h5-8H,4,9-13H2,1-3H3,(H,20,21). The summed E-state index contributed by atoms with van der Waals surface area (Å²) in [5.74, 6) is 1.92. The lowest BCUT2D eigenvalue weighted by Crippen LogP contribution is -2.53. The number of amides is 1. The molecule has 1 aromatic carbocycles. The second-order valence-electron chi connectivity index (χ2n) is 6.31. The number of furan rings is 1. The van der Waals surface area contributed by atoms with Gasteiger partial charge in [0.05, 0.1) is 0 Å². The van der Waals surface area contributed by atoms with Crippen molar-refractivity contribution in [3.05, 3.63) is 35.6 Å². The summed E-state index contributed by atoms with van der Waals surface area (Å²) >= 11 is 0. The molecule has 25 heavy (non-hydrogen) atoms. The molecule has 134 valence electrons. The fourth-order valence-electron chi connectivity index (χ4n) is 3.18. The van der Waals surface area contributed by atoms with E-state index in [1.165, 1.54) is 0 Å². The minimum atomic E-state index is 0.138. The Balaban J connectivity index is 1.74. The van der Waals surface area contributed by atoms with Crippen molar-refractivity contribution in [1.82, 2.24) is 15.1 Å². The molecule has 6 nitrogen and oxygen atoms in total. The van der Waals surface area contributed by atoms with Crippen molar-refractivity contribution in [3.63, 3.8) is 0 Å². The van der Waals surface area contributed by atoms with Crippen molar-refractivity contribution in [1.29, 1.82) is 0 Å². The first-order valence-corrected chi connectivity index (χ1v) is 8.86. The maximum Gasteiger partial charge on any atom is 0.219 e. The molecule has 0 bridgehead atoms. The number of fused-ring (bicyclic) bond motifs is 1. The average molecular weight is 342 g/mol. The highest BCUT2D eigenvalue weighted by Crippen LogP contribution is 2.25. The van der Waals surface area contributed by atoms with Crippen LogP contribution in [-0.4, -0.2) is 54.4 Å². The SMILES string of the molecule is CCNC(=NCc1oc2ccccc2c1C)N1CCN(C(C)=O)CC1. The van der Waals surface area contributed by atoms with Gasteiger partial charge in [-0.05, 0) is 19.9 Å². The van der Waals surface area contributed by atoms with Crippen LogP contribution in [0.1, 0.15) is 25.2 Å². The minimum absolute atomic E-state index is 0.138. The lowest BCUT2D eigenvalue weighted by Gasteiger charge is -2.36. The van der Waals surface area contributed by atoms with Crippen molar-refractivity contribution in [3.8, 4) is 0 Å². The second-order valence-corrected chi connectivity index (χ2v) is 6.31. The molecule has 1 amide bonds. The van der Waals surface area contributed by atoms with E-state index in [4.69, 9.17) is 9.41 Å². The molecule has 0 atom stereocenters. The van der Waals surface area contributed by atoms with Gasteiger partial charge in [0.2, 0.25) is 5.91 Å². The normalized spacial score (nSPS) is 15.7. The number of rotatable bonds is 3. The summed E-state index contributed by atoms with van der Waals surface area (Å²) in [5, 5.41) is 4.50. The lowest BCUT2D eigenvalue weighted by atomic mass is 10.1. The van der Waals surface area contributed by atoms with Gasteiger partial charge in [0.15, 0.2) is 5.96 Å². The topological polar surface area (TPSA) is 61.1 Å². The summed E-state index contributed by atoms with van der Waals surface area (Å²) < 4.78 is 5.96. The molecule has 1 N–H and O–H groups in total. The minimum Gasteiger partial charge on any atom is -0.459 e. The fraction of sp³-hybridized carbons (Fsp3) is 0.474. The molecule has 1 aliphatic heterocycles. The van der Waals surface area contributed by atoms with Crippen LogP contribution in [0.4, 0.5) is 0 Å². The molecule has 0 aliphatic carbocycles. The van der Waals surface area contributed by atoms with Gasteiger partial charge in [0.25, 0.3) is 0 Å². The molecule has 1 aliphatic rings. The zero-order valence-corrected chi connectivity index (χ0v) is 15.2. The largest absolute Gasteiger partial charge is 0.459 e. The molecule has 2 aromatic rings. The number of nitrogens with one attached hydrogen (secondary N) is 1. The predicted molar refractivity (Wildman–Crippen MR) is 99.6 cm³/mol. The van der Waals surface area contributed by atoms with E-state index >= 15 is 0 Å². The number of nitrogens with zero attached hydrogens (tertiary/aromatic N) is 3. The maximum absolute atomic E-state index is 11.5. The molecule has 6 heteroatoms. The van der Waals surface area contributed by atoms with E-state index in [0.29, 0.717) is 6.54 Å². The van der Waals surface area contributed by atoms with Crippen LogP contribution < -0.4 is 5.32 Å². The Morgan fingerprint density at radius 1 is 1.20 bits per heavy atom. The molecule has 1 aromatic heterocycles. The monoisotopic (exact) mass is 342 g/mol. The third-order valence-electron chi connectivity index (χ3n) is 4.67. The van der Waals surface area contributed by atoms with Gasteiger partial charge in [0, 0.05) is 50.6 Å². The summed E-state index contributed by atoms with van der Waals surface area (Å²) in [6.45, 7) is 10.2. The van der Waals surface area contributed by atoms with E-state index in [9.17, 15) is 4.79 Å². The quantitative estimate of drug-likeness (QED) is 0.687. The number of benzene rings is 1. The molecule has 0 spiro atoms. The van der Waals surface area contributed by atoms with Crippen LogP contribution in [0, 0.1) is 6.92 Å². The molecular formula is C19H26N4O2. The number of aryl methyl sites for hydroxylation is 1. The average Bonchev–Trinajstić information content (AvgIpc) is 2.95. The van der Waals surface area contributed by atoms with Crippen LogP contribution in [0.2, 0.25) is 0 Å². The van der Waals surface area contributed by atoms with E-state index in [1.54, 1.807) is 6.92 Å². The zero-order valence-electron chi connectivity index (χ0n) is 15.2. The van der Waals surface area contributed by atoms with Crippen LogP contribution >= 0.6 is 0 Å². The first-order valence-electron chi connectivity index (χ1n) is 8.86. The van der Waals surface area contributed by atoms with Gasteiger partial charge in [0.1, 0.15) is 17.9 Å². The van der Waals surface area contributed by atoms with Gasteiger partial charge in [-0.3, -0.25) is 4.79 Å². The summed E-state index contributed by atoms with van der Waals surface area (Å²) in [6.07, 6.45) is 0. The van der Waals surface area contributed by atoms with Gasteiger partial charge >= 0.3 is 0 Å². The highest BCUT2D eigenvalue weighted by Gasteiger charge is 2.21. The van der Waals surface area contributed by atoms with E-state index in [2.05, 4.69) is 30.1 Å². The Kier molecular flexibility index (Phi) is 5.26. The van der Waals surface area contributed by atoms with E-state index in [-0.39, 0.29) is 5.91 Å². The molecule has 0 saturated carbocycles. The summed E-state index contributed by atoms with van der Waals surface area (Å²) in [5.41, 5.74) is 2.06. The number of piperazine rings is 1. The number of carbonyl (C=O) groups excluding carboxylic acids is 1. The highest BCUT2D eigenvalue weighted by atomic mass is 16.3. The van der Waals surface area contributed by atoms with Crippen LogP contribution in [0.25, 0.3) is 11.0 Å². The van der Waals surface area contributed by atoms with E-state index in [0.717, 1.165) is 61.0 Å². The fourth-order valence-corrected chi connectivity index (χ4v) is 3.18. The Morgan fingerprint density at radius 3 is 2.52 bits per heavy atom. The highest BCUT2D eigenvalue weighted by molar-refractivity contribution is 5.83. The van der Waals surface area contributed by atoms with Crippen LogP contribution in [0.3, 0.4) is 0 Å². The van der Waals surface area contributed by atoms with Gasteiger partial charge in [-0.25, -0.2) is 4.99 Å². The van der Waals surface area contributed by atoms with Gasteiger partial charge in [-0.15, -0.1) is 0 Å². The third kappa shape index (κ3) is 3.78. The first kappa shape index (κ1) is 17.3. The summed E-state index contributed by atoms with van der Waals surface area (Å²) in [7, 11) is 0. The number of carbonyl (C=O) groups is 1. The van der Waals surface area contributed by atoms with Crippen molar-refractivity contribution in [2.45, 2.75) is 27.3 Å². The van der Waals surface area contributed by atoms with E-state index < -0.39 is 0 Å². The lowest BCUT2D eigenvalue weighted by molar-refractivity contribution is -0.130. The third-order valence-corrected chi connectivity index (χ3v) is 4.67. The smallest absolute Gasteiger partial charge is 0.219 e. The Bertz CT molecular complexity index is 773. The maximum atomic E-state index is 11.5. The Morgan fingerprint density at radius 2 is 1.88 bits per heavy atom. The van der Waals surface area contributed by atoms with Gasteiger partial charge in [-0.2, -0.15) is 0 Å². The molecule has 1 saturated heterocycles. The molecular weight excluding hydrogens is 316 g/mol. The van der Waals surface area contributed by atoms with Gasteiger partial charge < -0.3 is 19.5 Å². The number of para-hydroxylation sites is 1. The Hall–Kier alpha value is -2.50. The zero-order chi connectivity index (χ0) is 17.8. The number of hydrogen-bond donors (Lipinski definition) is 1. The number of aliphatic imine (C=N–C) groups is 1. The van der Waals surface area contributed by atoms with Crippen molar-refractivity contribution < 1.29 is 9.21 Å². The molecule has 1 fully saturated rings. The number of hydrogen-bond acceptors (Lipinski definition) is 3. The molecule has 2 heterocycles. The van der Waals surface area contributed by atoms with E-state index in [1.807, 2.05) is 23.1 Å². The Labute approximate surface area is 148 Å². The second kappa shape index (κ2) is 7.59. The van der Waals surface area contributed by atoms with Crippen molar-refractivity contribution >= 4 is 22.8 Å². The number of guanidine groups is 1. The predicted octanol–water partition coefficient (Wildman–Crippen LogP) is 2.37. The van der Waals surface area contributed by atoms with Gasteiger partial charge in [-0.1, -0.05) is 18.2 Å². The molecule has 0 unspecified atom stereocenters. The van der Waals surface area contributed by atoms with Crippen LogP contribution in [0.5, 0.6) is 0 Å². The summed E-state index contributed by atoms with van der Waals surface area (Å²) in [6, 6.07) is 8.07. The first-order chi connectivity index (χ1) is 12.1. The van der Waals surface area contributed by atoms with Crippen LogP contribution in [0.15, 0.2) is 33.7 Å². The molecule has 0 radical (unpaired) electrons. The van der Waals surface area contributed by atoms with Crippen LogP contribution in [-0.2, 0) is 11.3 Å².